The zero-order valence-electron chi connectivity index (χ0n) is 11.3. The van der Waals surface area contributed by atoms with Crippen molar-refractivity contribution >= 4 is 11.8 Å². The van der Waals surface area contributed by atoms with Crippen molar-refractivity contribution in [1.82, 2.24) is 0 Å². The zero-order valence-corrected chi connectivity index (χ0v) is 11.3. The van der Waals surface area contributed by atoms with Crippen molar-refractivity contribution in [2.24, 2.45) is 0 Å². The number of hydrogen-bond acceptors (Lipinski definition) is 4. The van der Waals surface area contributed by atoms with Gasteiger partial charge in [-0.1, -0.05) is 19.1 Å². The van der Waals surface area contributed by atoms with Crippen molar-refractivity contribution in [3.05, 3.63) is 29.3 Å². The number of carbonyl (C=O) groups is 2. The lowest BCUT2D eigenvalue weighted by atomic mass is 10.1. The maximum Gasteiger partial charge on any atom is 0.347 e. The van der Waals surface area contributed by atoms with E-state index in [-0.39, 0.29) is 11.8 Å². The van der Waals surface area contributed by atoms with E-state index < -0.39 is 6.10 Å². The third-order valence-electron chi connectivity index (χ3n) is 3.23. The van der Waals surface area contributed by atoms with E-state index in [9.17, 15) is 9.59 Å². The number of benzene rings is 1. The second kappa shape index (κ2) is 5.87. The van der Waals surface area contributed by atoms with Crippen LogP contribution >= 0.6 is 0 Å². The van der Waals surface area contributed by atoms with Crippen LogP contribution in [0, 0.1) is 0 Å². The van der Waals surface area contributed by atoms with E-state index in [0.717, 1.165) is 11.1 Å². The summed E-state index contributed by atoms with van der Waals surface area (Å²) in [7, 11) is 0. The highest BCUT2D eigenvalue weighted by molar-refractivity contribution is 6.01. The van der Waals surface area contributed by atoms with Gasteiger partial charge >= 0.3 is 5.97 Å². The normalized spacial score (nSPS) is 14.9. The Balaban J connectivity index is 2.19. The van der Waals surface area contributed by atoms with Crippen LogP contribution in [-0.2, 0) is 16.0 Å². The Labute approximate surface area is 112 Å². The Bertz CT molecular complexity index is 493. The summed E-state index contributed by atoms with van der Waals surface area (Å²) in [6.45, 7) is 3.98. The van der Waals surface area contributed by atoms with Gasteiger partial charge in [-0.05, 0) is 25.8 Å². The summed E-state index contributed by atoms with van der Waals surface area (Å²) in [4.78, 5) is 23.4. The molecule has 0 fully saturated rings. The fourth-order valence-corrected chi connectivity index (χ4v) is 2.25. The Morgan fingerprint density at radius 3 is 2.79 bits per heavy atom. The highest BCUT2D eigenvalue weighted by atomic mass is 16.6. The van der Waals surface area contributed by atoms with Gasteiger partial charge in [0.1, 0.15) is 5.75 Å². The van der Waals surface area contributed by atoms with Crippen LogP contribution in [0.25, 0.3) is 0 Å². The van der Waals surface area contributed by atoms with Crippen molar-refractivity contribution in [3.8, 4) is 5.75 Å². The van der Waals surface area contributed by atoms with Gasteiger partial charge in [0.15, 0.2) is 11.9 Å². The molecule has 1 aromatic rings. The first-order valence-corrected chi connectivity index (χ1v) is 6.65. The highest BCUT2D eigenvalue weighted by Gasteiger charge is 2.26. The fraction of sp³-hybridized carbons (Fsp3) is 0.467. The second-order valence-corrected chi connectivity index (χ2v) is 4.47. The summed E-state index contributed by atoms with van der Waals surface area (Å²) in [5.74, 6) is 0.416. The first-order valence-electron chi connectivity index (χ1n) is 6.65. The smallest absolute Gasteiger partial charge is 0.347 e. The Hall–Kier alpha value is -1.84. The van der Waals surface area contributed by atoms with Gasteiger partial charge in [-0.25, -0.2) is 4.79 Å². The SMILES string of the molecule is CCOC(=O)C(CC)Oc1cccc2c1CCC2=O. The lowest BCUT2D eigenvalue weighted by Crippen LogP contribution is -2.29. The van der Waals surface area contributed by atoms with Crippen LogP contribution in [0.2, 0.25) is 0 Å². The molecule has 0 spiro atoms. The van der Waals surface area contributed by atoms with E-state index in [4.69, 9.17) is 9.47 Å². The number of rotatable bonds is 5. The summed E-state index contributed by atoms with van der Waals surface area (Å²) in [5.41, 5.74) is 1.63. The van der Waals surface area contributed by atoms with E-state index in [0.29, 0.717) is 31.6 Å². The molecule has 2 rings (SSSR count). The summed E-state index contributed by atoms with van der Waals surface area (Å²) in [5, 5.41) is 0. The van der Waals surface area contributed by atoms with Crippen LogP contribution in [0.4, 0.5) is 0 Å². The lowest BCUT2D eigenvalue weighted by molar-refractivity contribution is -0.151. The summed E-state index contributed by atoms with van der Waals surface area (Å²) >= 11 is 0. The van der Waals surface area contributed by atoms with Gasteiger partial charge < -0.3 is 9.47 Å². The quantitative estimate of drug-likeness (QED) is 0.765. The first kappa shape index (κ1) is 13.6. The molecule has 0 aliphatic heterocycles. The topological polar surface area (TPSA) is 52.6 Å². The molecule has 0 amide bonds. The molecule has 0 N–H and O–H groups in total. The van der Waals surface area contributed by atoms with Crippen molar-refractivity contribution < 1.29 is 19.1 Å². The van der Waals surface area contributed by atoms with E-state index >= 15 is 0 Å². The van der Waals surface area contributed by atoms with Crippen LogP contribution < -0.4 is 4.74 Å². The van der Waals surface area contributed by atoms with Crippen molar-refractivity contribution in [3.63, 3.8) is 0 Å². The Morgan fingerprint density at radius 1 is 1.32 bits per heavy atom. The summed E-state index contributed by atoms with van der Waals surface area (Å²) in [6.07, 6.45) is 1.13. The monoisotopic (exact) mass is 262 g/mol. The molecular weight excluding hydrogens is 244 g/mol. The van der Waals surface area contributed by atoms with Gasteiger partial charge in [0.05, 0.1) is 6.61 Å². The van der Waals surface area contributed by atoms with E-state index in [1.54, 1.807) is 19.1 Å². The van der Waals surface area contributed by atoms with Gasteiger partial charge in [-0.3, -0.25) is 4.79 Å². The third-order valence-corrected chi connectivity index (χ3v) is 3.23. The van der Waals surface area contributed by atoms with Crippen LogP contribution in [-0.4, -0.2) is 24.5 Å². The van der Waals surface area contributed by atoms with Gasteiger partial charge in [-0.15, -0.1) is 0 Å². The van der Waals surface area contributed by atoms with Crippen LogP contribution in [0.1, 0.15) is 42.6 Å². The number of ketones is 1. The van der Waals surface area contributed by atoms with Crippen LogP contribution in [0.3, 0.4) is 0 Å². The Kier molecular flexibility index (Phi) is 4.20. The van der Waals surface area contributed by atoms with Gasteiger partial charge in [0.2, 0.25) is 0 Å². The first-order chi connectivity index (χ1) is 9.17. The van der Waals surface area contributed by atoms with Gasteiger partial charge in [-0.2, -0.15) is 0 Å². The molecule has 0 saturated carbocycles. The molecule has 4 nitrogen and oxygen atoms in total. The lowest BCUT2D eigenvalue weighted by Gasteiger charge is -2.17. The van der Waals surface area contributed by atoms with Gasteiger partial charge in [0, 0.05) is 17.5 Å². The number of ether oxygens (including phenoxy) is 2. The molecule has 102 valence electrons. The van der Waals surface area contributed by atoms with E-state index in [2.05, 4.69) is 0 Å². The zero-order chi connectivity index (χ0) is 13.8. The largest absolute Gasteiger partial charge is 0.478 e. The number of Topliss-reactive ketones (excluding diaryl/α,β-unsaturated/α-hetero) is 1. The second-order valence-electron chi connectivity index (χ2n) is 4.47. The minimum Gasteiger partial charge on any atom is -0.478 e. The Morgan fingerprint density at radius 2 is 2.11 bits per heavy atom. The van der Waals surface area contributed by atoms with Crippen LogP contribution in [0.5, 0.6) is 5.75 Å². The molecule has 1 atom stereocenters. The van der Waals surface area contributed by atoms with E-state index in [1.165, 1.54) is 0 Å². The van der Waals surface area contributed by atoms with Crippen molar-refractivity contribution in [1.29, 1.82) is 0 Å². The number of carbonyl (C=O) groups excluding carboxylic acids is 2. The standard InChI is InChI=1S/C15H18O4/c1-3-13(15(17)18-4-2)19-14-7-5-6-10-11(14)8-9-12(10)16/h5-7,13H,3-4,8-9H2,1-2H3. The minimum atomic E-state index is -0.609. The minimum absolute atomic E-state index is 0.143. The molecule has 0 saturated heterocycles. The summed E-state index contributed by atoms with van der Waals surface area (Å²) < 4.78 is 10.7. The molecule has 19 heavy (non-hydrogen) atoms. The highest BCUT2D eigenvalue weighted by Crippen LogP contribution is 2.31. The van der Waals surface area contributed by atoms with Gasteiger partial charge in [0.25, 0.3) is 0 Å². The predicted molar refractivity (Wildman–Crippen MR) is 70.4 cm³/mol. The molecule has 0 radical (unpaired) electrons. The molecule has 1 aliphatic carbocycles. The molecule has 0 heterocycles. The molecule has 0 aromatic heterocycles. The number of fused-ring (bicyclic) bond motifs is 1. The molecule has 1 aliphatic rings. The molecule has 4 heteroatoms. The number of hydrogen-bond donors (Lipinski definition) is 0. The van der Waals surface area contributed by atoms with Crippen LogP contribution in [0.15, 0.2) is 18.2 Å². The molecular formula is C15H18O4. The average Bonchev–Trinajstić information content (AvgIpc) is 2.79. The average molecular weight is 262 g/mol. The number of esters is 1. The molecule has 1 unspecified atom stereocenters. The maximum atomic E-state index is 11.7. The summed E-state index contributed by atoms with van der Waals surface area (Å²) in [6, 6.07) is 5.40. The third kappa shape index (κ3) is 2.78. The molecule has 0 bridgehead atoms. The van der Waals surface area contributed by atoms with E-state index in [1.807, 2.05) is 13.0 Å². The predicted octanol–water partition coefficient (Wildman–Crippen LogP) is 2.54. The van der Waals surface area contributed by atoms with Crippen molar-refractivity contribution in [2.75, 3.05) is 6.61 Å². The fourth-order valence-electron chi connectivity index (χ4n) is 2.25. The molecule has 1 aromatic carbocycles. The maximum absolute atomic E-state index is 11.7. The van der Waals surface area contributed by atoms with Crippen molar-refractivity contribution in [2.45, 2.75) is 39.2 Å².